The maximum Gasteiger partial charge on any atom is 0.243 e. The molecule has 0 unspecified atom stereocenters. The highest BCUT2D eigenvalue weighted by Gasteiger charge is 2.35. The van der Waals surface area contributed by atoms with E-state index in [2.05, 4.69) is 0 Å². The van der Waals surface area contributed by atoms with Gasteiger partial charge in [0.1, 0.15) is 0 Å². The molecule has 1 saturated carbocycles. The highest BCUT2D eigenvalue weighted by Crippen LogP contribution is 2.31. The minimum atomic E-state index is -3.36. The van der Waals surface area contributed by atoms with Crippen LogP contribution in [0.5, 0.6) is 0 Å². The second kappa shape index (κ2) is 5.19. The summed E-state index contributed by atoms with van der Waals surface area (Å²) in [6.45, 7) is 2.04. The summed E-state index contributed by atoms with van der Waals surface area (Å²) in [4.78, 5) is 0.352. The van der Waals surface area contributed by atoms with E-state index >= 15 is 0 Å². The third kappa shape index (κ3) is 2.56. The van der Waals surface area contributed by atoms with Crippen LogP contribution in [0, 0.1) is 0 Å². The van der Waals surface area contributed by atoms with Gasteiger partial charge in [0.15, 0.2) is 0 Å². The molecule has 0 aliphatic heterocycles. The number of alkyl halides is 1. The average molecular weight is 288 g/mol. The molecule has 100 valence electrons. The van der Waals surface area contributed by atoms with Crippen LogP contribution < -0.4 is 0 Å². The van der Waals surface area contributed by atoms with Crippen molar-refractivity contribution in [2.75, 3.05) is 7.05 Å². The first kappa shape index (κ1) is 13.8. The van der Waals surface area contributed by atoms with Crippen molar-refractivity contribution in [1.82, 2.24) is 4.31 Å². The lowest BCUT2D eigenvalue weighted by atomic mass is 10.1. The SMILES string of the molecule is CCc1ccc(S(=O)(=O)N(C)C2CC2)cc1CCl. The van der Waals surface area contributed by atoms with Crippen LogP contribution in [-0.2, 0) is 22.3 Å². The van der Waals surface area contributed by atoms with Crippen LogP contribution in [0.3, 0.4) is 0 Å². The van der Waals surface area contributed by atoms with Gasteiger partial charge in [0, 0.05) is 19.0 Å². The fourth-order valence-electron chi connectivity index (χ4n) is 2.03. The molecule has 0 N–H and O–H groups in total. The summed E-state index contributed by atoms with van der Waals surface area (Å²) in [5.41, 5.74) is 2.02. The Morgan fingerprint density at radius 1 is 1.33 bits per heavy atom. The predicted octanol–water partition coefficient (Wildman–Crippen LogP) is 2.77. The van der Waals surface area contributed by atoms with Crippen molar-refractivity contribution in [2.24, 2.45) is 0 Å². The molecule has 0 saturated heterocycles. The van der Waals surface area contributed by atoms with Crippen molar-refractivity contribution in [3.05, 3.63) is 29.3 Å². The van der Waals surface area contributed by atoms with Gasteiger partial charge in [-0.2, -0.15) is 4.31 Å². The Kier molecular flexibility index (Phi) is 3.99. The largest absolute Gasteiger partial charge is 0.243 e. The molecule has 0 spiro atoms. The van der Waals surface area contributed by atoms with E-state index < -0.39 is 10.0 Å². The maximum absolute atomic E-state index is 12.4. The van der Waals surface area contributed by atoms with Crippen molar-refractivity contribution in [3.63, 3.8) is 0 Å². The third-order valence-corrected chi connectivity index (χ3v) is 5.63. The van der Waals surface area contributed by atoms with Crippen LogP contribution in [0.15, 0.2) is 23.1 Å². The molecule has 1 aliphatic carbocycles. The van der Waals surface area contributed by atoms with E-state index in [1.807, 2.05) is 13.0 Å². The number of hydrogen-bond acceptors (Lipinski definition) is 2. The van der Waals surface area contributed by atoms with Gasteiger partial charge in [0.25, 0.3) is 0 Å². The standard InChI is InChI=1S/C13H18ClNO2S/c1-3-10-4-7-13(8-11(10)9-14)18(16,17)15(2)12-5-6-12/h4,7-8,12H,3,5-6,9H2,1-2H3. The maximum atomic E-state index is 12.4. The monoisotopic (exact) mass is 287 g/mol. The average Bonchev–Trinajstić information content (AvgIpc) is 3.21. The summed E-state index contributed by atoms with van der Waals surface area (Å²) in [7, 11) is -1.70. The van der Waals surface area contributed by atoms with E-state index in [1.165, 1.54) is 4.31 Å². The van der Waals surface area contributed by atoms with Crippen LogP contribution in [0.25, 0.3) is 0 Å². The van der Waals surface area contributed by atoms with Gasteiger partial charge >= 0.3 is 0 Å². The Morgan fingerprint density at radius 2 is 2.00 bits per heavy atom. The second-order valence-corrected chi connectivity index (χ2v) is 6.93. The van der Waals surface area contributed by atoms with Gasteiger partial charge in [0.2, 0.25) is 10.0 Å². The van der Waals surface area contributed by atoms with Gasteiger partial charge in [-0.1, -0.05) is 13.0 Å². The zero-order chi connectivity index (χ0) is 13.3. The fraction of sp³-hybridized carbons (Fsp3) is 0.538. The van der Waals surface area contributed by atoms with E-state index in [9.17, 15) is 8.42 Å². The lowest BCUT2D eigenvalue weighted by Crippen LogP contribution is -2.29. The normalized spacial score (nSPS) is 16.2. The number of hydrogen-bond donors (Lipinski definition) is 0. The van der Waals surface area contributed by atoms with E-state index in [1.54, 1.807) is 19.2 Å². The zero-order valence-corrected chi connectivity index (χ0v) is 12.3. The van der Waals surface area contributed by atoms with Crippen LogP contribution in [0.4, 0.5) is 0 Å². The Labute approximate surface area is 114 Å². The molecule has 1 fully saturated rings. The summed E-state index contributed by atoms with van der Waals surface area (Å²) >= 11 is 5.88. The van der Waals surface area contributed by atoms with Crippen molar-refractivity contribution in [3.8, 4) is 0 Å². The zero-order valence-electron chi connectivity index (χ0n) is 10.7. The number of nitrogens with zero attached hydrogens (tertiary/aromatic N) is 1. The summed E-state index contributed by atoms with van der Waals surface area (Å²) in [6.07, 6.45) is 2.79. The van der Waals surface area contributed by atoms with Crippen LogP contribution >= 0.6 is 11.6 Å². The van der Waals surface area contributed by atoms with Crippen LogP contribution in [0.1, 0.15) is 30.9 Å². The number of sulfonamides is 1. The van der Waals surface area contributed by atoms with Crippen LogP contribution in [0.2, 0.25) is 0 Å². The molecular weight excluding hydrogens is 270 g/mol. The highest BCUT2D eigenvalue weighted by molar-refractivity contribution is 7.89. The lowest BCUT2D eigenvalue weighted by molar-refractivity contribution is 0.464. The lowest BCUT2D eigenvalue weighted by Gasteiger charge is -2.17. The van der Waals surface area contributed by atoms with Gasteiger partial charge in [-0.3, -0.25) is 0 Å². The quantitative estimate of drug-likeness (QED) is 0.781. The van der Waals surface area contributed by atoms with Crippen molar-refractivity contribution in [2.45, 2.75) is 43.0 Å². The highest BCUT2D eigenvalue weighted by atomic mass is 35.5. The number of rotatable bonds is 5. The van der Waals surface area contributed by atoms with Gasteiger partial charge in [-0.15, -0.1) is 11.6 Å². The molecule has 0 heterocycles. The molecule has 0 aromatic heterocycles. The number of aryl methyl sites for hydroxylation is 1. The second-order valence-electron chi connectivity index (χ2n) is 4.67. The molecule has 0 amide bonds. The topological polar surface area (TPSA) is 37.4 Å². The minimum absolute atomic E-state index is 0.181. The van der Waals surface area contributed by atoms with Gasteiger partial charge in [-0.25, -0.2) is 8.42 Å². The Hall–Kier alpha value is -0.580. The summed E-state index contributed by atoms with van der Waals surface area (Å²) in [5.74, 6) is 0.347. The molecule has 1 aliphatic rings. The van der Waals surface area contributed by atoms with E-state index in [4.69, 9.17) is 11.6 Å². The summed E-state index contributed by atoms with van der Waals surface area (Å²) in [5, 5.41) is 0. The van der Waals surface area contributed by atoms with Gasteiger partial charge in [-0.05, 0) is 42.5 Å². The smallest absolute Gasteiger partial charge is 0.207 e. The predicted molar refractivity (Wildman–Crippen MR) is 73.3 cm³/mol. The molecule has 2 rings (SSSR count). The molecular formula is C13H18ClNO2S. The van der Waals surface area contributed by atoms with Gasteiger partial charge in [0.05, 0.1) is 4.90 Å². The Bertz CT molecular complexity index is 538. The molecule has 18 heavy (non-hydrogen) atoms. The molecule has 3 nitrogen and oxygen atoms in total. The Balaban J connectivity index is 2.38. The minimum Gasteiger partial charge on any atom is -0.207 e. The van der Waals surface area contributed by atoms with E-state index in [0.717, 1.165) is 30.4 Å². The molecule has 0 atom stereocenters. The first-order valence-electron chi connectivity index (χ1n) is 6.16. The van der Waals surface area contributed by atoms with Crippen molar-refractivity contribution < 1.29 is 8.42 Å². The first-order chi connectivity index (χ1) is 8.50. The third-order valence-electron chi connectivity index (χ3n) is 3.44. The molecule has 0 bridgehead atoms. The Morgan fingerprint density at radius 3 is 2.50 bits per heavy atom. The van der Waals surface area contributed by atoms with Crippen molar-refractivity contribution >= 4 is 21.6 Å². The molecule has 5 heteroatoms. The summed E-state index contributed by atoms with van der Waals surface area (Å²) in [6, 6.07) is 5.44. The first-order valence-corrected chi connectivity index (χ1v) is 8.14. The number of benzene rings is 1. The van der Waals surface area contributed by atoms with Gasteiger partial charge < -0.3 is 0 Å². The van der Waals surface area contributed by atoms with E-state index in [0.29, 0.717) is 10.8 Å². The molecule has 1 aromatic rings. The number of halogens is 1. The molecule has 1 aromatic carbocycles. The fourth-order valence-corrected chi connectivity index (χ4v) is 3.75. The van der Waals surface area contributed by atoms with Crippen molar-refractivity contribution in [1.29, 1.82) is 0 Å². The van der Waals surface area contributed by atoms with Crippen LogP contribution in [-0.4, -0.2) is 25.8 Å². The molecule has 0 radical (unpaired) electrons. The summed E-state index contributed by atoms with van der Waals surface area (Å²) < 4.78 is 26.2. The van der Waals surface area contributed by atoms with E-state index in [-0.39, 0.29) is 6.04 Å².